The van der Waals surface area contributed by atoms with Crippen molar-refractivity contribution in [2.75, 3.05) is 12.0 Å². The summed E-state index contributed by atoms with van der Waals surface area (Å²) in [5, 5.41) is 7.30. The second-order valence-corrected chi connectivity index (χ2v) is 7.69. The third-order valence-electron chi connectivity index (χ3n) is 4.51. The SMILES string of the molecule is COc1cccc(CN(Cc2cccc(-n3cccn3)c2)c2nc(CCl)cs2)c1. The highest BCUT2D eigenvalue weighted by Gasteiger charge is 2.14. The molecule has 2 aromatic heterocycles. The van der Waals surface area contributed by atoms with Crippen molar-refractivity contribution in [3.63, 3.8) is 0 Å². The lowest BCUT2D eigenvalue weighted by molar-refractivity contribution is 0.414. The third-order valence-corrected chi connectivity index (χ3v) is 5.73. The number of hydrogen-bond donors (Lipinski definition) is 0. The van der Waals surface area contributed by atoms with Gasteiger partial charge in [-0.1, -0.05) is 24.3 Å². The average molecular weight is 425 g/mol. The zero-order valence-corrected chi connectivity index (χ0v) is 17.6. The number of anilines is 1. The largest absolute Gasteiger partial charge is 0.497 e. The second kappa shape index (κ2) is 9.11. The van der Waals surface area contributed by atoms with Gasteiger partial charge < -0.3 is 9.64 Å². The van der Waals surface area contributed by atoms with Gasteiger partial charge in [-0.25, -0.2) is 9.67 Å². The number of thiazole rings is 1. The van der Waals surface area contributed by atoms with Gasteiger partial charge in [-0.05, 0) is 41.5 Å². The van der Waals surface area contributed by atoms with E-state index < -0.39 is 0 Å². The van der Waals surface area contributed by atoms with E-state index in [2.05, 4.69) is 46.4 Å². The first kappa shape index (κ1) is 19.5. The molecule has 0 unspecified atom stereocenters. The summed E-state index contributed by atoms with van der Waals surface area (Å²) in [6, 6.07) is 18.4. The van der Waals surface area contributed by atoms with Gasteiger partial charge in [0, 0.05) is 30.9 Å². The van der Waals surface area contributed by atoms with Gasteiger partial charge in [0.15, 0.2) is 5.13 Å². The molecule has 0 atom stereocenters. The van der Waals surface area contributed by atoms with Crippen LogP contribution < -0.4 is 9.64 Å². The van der Waals surface area contributed by atoms with Crippen molar-refractivity contribution in [3.8, 4) is 11.4 Å². The molecule has 0 saturated carbocycles. The van der Waals surface area contributed by atoms with E-state index in [-0.39, 0.29) is 0 Å². The molecule has 0 radical (unpaired) electrons. The summed E-state index contributed by atoms with van der Waals surface area (Å²) >= 11 is 7.60. The van der Waals surface area contributed by atoms with Crippen LogP contribution in [0.1, 0.15) is 16.8 Å². The Morgan fingerprint density at radius 1 is 1.07 bits per heavy atom. The van der Waals surface area contributed by atoms with Crippen molar-refractivity contribution < 1.29 is 4.74 Å². The Morgan fingerprint density at radius 2 is 1.86 bits per heavy atom. The molecule has 2 aromatic carbocycles. The standard InChI is InChI=1S/C22H21ClN4OS/c1-28-21-8-3-6-18(12-21)15-26(22-25-19(13-23)16-29-22)14-17-5-2-7-20(11-17)27-10-4-9-24-27/h2-12,16H,13-15H2,1H3. The van der Waals surface area contributed by atoms with Crippen LogP contribution in [-0.4, -0.2) is 21.9 Å². The van der Waals surface area contributed by atoms with Crippen molar-refractivity contribution in [1.29, 1.82) is 0 Å². The molecule has 4 aromatic rings. The highest BCUT2D eigenvalue weighted by Crippen LogP contribution is 2.26. The molecule has 4 rings (SSSR count). The Balaban J connectivity index is 1.62. The molecule has 0 bridgehead atoms. The van der Waals surface area contributed by atoms with Crippen LogP contribution in [0.5, 0.6) is 5.75 Å². The smallest absolute Gasteiger partial charge is 0.186 e. The predicted molar refractivity (Wildman–Crippen MR) is 118 cm³/mol. The molecular formula is C22H21ClN4OS. The van der Waals surface area contributed by atoms with Crippen molar-refractivity contribution in [2.24, 2.45) is 0 Å². The Hall–Kier alpha value is -2.83. The fourth-order valence-corrected chi connectivity index (χ4v) is 4.18. The molecule has 29 heavy (non-hydrogen) atoms. The number of ether oxygens (including phenoxy) is 1. The molecule has 7 heteroatoms. The zero-order chi connectivity index (χ0) is 20.1. The normalized spacial score (nSPS) is 10.8. The first-order valence-electron chi connectivity index (χ1n) is 9.22. The van der Waals surface area contributed by atoms with Crippen LogP contribution in [0.25, 0.3) is 5.69 Å². The number of halogens is 1. The molecule has 0 N–H and O–H groups in total. The minimum Gasteiger partial charge on any atom is -0.497 e. The summed E-state index contributed by atoms with van der Waals surface area (Å²) in [5.74, 6) is 1.27. The van der Waals surface area contributed by atoms with Crippen LogP contribution in [-0.2, 0) is 19.0 Å². The van der Waals surface area contributed by atoms with E-state index in [1.54, 1.807) is 24.6 Å². The molecule has 2 heterocycles. The quantitative estimate of drug-likeness (QED) is 0.361. The van der Waals surface area contributed by atoms with E-state index in [1.807, 2.05) is 34.5 Å². The van der Waals surface area contributed by atoms with Gasteiger partial charge in [-0.15, -0.1) is 22.9 Å². The van der Waals surface area contributed by atoms with Crippen LogP contribution in [0.4, 0.5) is 5.13 Å². The number of hydrogen-bond acceptors (Lipinski definition) is 5. The van der Waals surface area contributed by atoms with Gasteiger partial charge in [-0.3, -0.25) is 0 Å². The predicted octanol–water partition coefficient (Wildman–Crippen LogP) is 5.28. The van der Waals surface area contributed by atoms with Crippen LogP contribution in [0, 0.1) is 0 Å². The van der Waals surface area contributed by atoms with Crippen molar-refractivity contribution in [3.05, 3.63) is 89.2 Å². The zero-order valence-electron chi connectivity index (χ0n) is 16.0. The van der Waals surface area contributed by atoms with E-state index >= 15 is 0 Å². The Bertz CT molecular complexity index is 1060. The maximum atomic E-state index is 5.98. The van der Waals surface area contributed by atoms with Gasteiger partial charge >= 0.3 is 0 Å². The van der Waals surface area contributed by atoms with E-state index in [1.165, 1.54) is 5.56 Å². The fourth-order valence-electron chi connectivity index (χ4n) is 3.12. The average Bonchev–Trinajstić information content (AvgIpc) is 3.46. The minimum absolute atomic E-state index is 0.415. The number of rotatable bonds is 8. The first-order chi connectivity index (χ1) is 14.2. The van der Waals surface area contributed by atoms with Crippen molar-refractivity contribution in [2.45, 2.75) is 19.0 Å². The lowest BCUT2D eigenvalue weighted by Crippen LogP contribution is -2.22. The lowest BCUT2D eigenvalue weighted by atomic mass is 10.1. The van der Waals surface area contributed by atoms with Crippen LogP contribution in [0.2, 0.25) is 0 Å². The van der Waals surface area contributed by atoms with E-state index in [0.29, 0.717) is 5.88 Å². The highest BCUT2D eigenvalue weighted by molar-refractivity contribution is 7.13. The number of aromatic nitrogens is 3. The Morgan fingerprint density at radius 3 is 2.55 bits per heavy atom. The molecule has 0 aliphatic heterocycles. The van der Waals surface area contributed by atoms with Crippen molar-refractivity contribution >= 4 is 28.1 Å². The van der Waals surface area contributed by atoms with E-state index in [4.69, 9.17) is 21.3 Å². The van der Waals surface area contributed by atoms with Crippen LogP contribution >= 0.6 is 22.9 Å². The Kier molecular flexibility index (Phi) is 6.12. The molecular weight excluding hydrogens is 404 g/mol. The first-order valence-corrected chi connectivity index (χ1v) is 10.6. The summed E-state index contributed by atoms with van der Waals surface area (Å²) in [7, 11) is 1.69. The molecule has 0 aliphatic rings. The number of methoxy groups -OCH3 is 1. The maximum Gasteiger partial charge on any atom is 0.186 e. The van der Waals surface area contributed by atoms with Gasteiger partial charge in [0.25, 0.3) is 0 Å². The van der Waals surface area contributed by atoms with Gasteiger partial charge in [0.1, 0.15) is 5.75 Å². The molecule has 0 aliphatic carbocycles. The second-order valence-electron chi connectivity index (χ2n) is 6.58. The van der Waals surface area contributed by atoms with Crippen LogP contribution in [0.15, 0.2) is 72.4 Å². The summed E-state index contributed by atoms with van der Waals surface area (Å²) < 4.78 is 7.25. The Labute approximate surface area is 179 Å². The van der Waals surface area contributed by atoms with E-state index in [9.17, 15) is 0 Å². The monoisotopic (exact) mass is 424 g/mol. The molecule has 148 valence electrons. The van der Waals surface area contributed by atoms with Gasteiger partial charge in [-0.2, -0.15) is 5.10 Å². The minimum atomic E-state index is 0.415. The highest BCUT2D eigenvalue weighted by atomic mass is 35.5. The molecule has 0 amide bonds. The lowest BCUT2D eigenvalue weighted by Gasteiger charge is -2.23. The number of alkyl halides is 1. The maximum absolute atomic E-state index is 5.98. The number of benzene rings is 2. The van der Waals surface area contributed by atoms with Gasteiger partial charge in [0.2, 0.25) is 0 Å². The molecule has 5 nitrogen and oxygen atoms in total. The summed E-state index contributed by atoms with van der Waals surface area (Å²) in [4.78, 5) is 6.96. The summed E-state index contributed by atoms with van der Waals surface area (Å²) in [5.41, 5.74) is 4.28. The summed E-state index contributed by atoms with van der Waals surface area (Å²) in [6.45, 7) is 1.44. The molecule has 0 spiro atoms. The molecule has 0 fully saturated rings. The fraction of sp³-hybridized carbons (Fsp3) is 0.182. The number of nitrogens with zero attached hydrogens (tertiary/aromatic N) is 4. The van der Waals surface area contributed by atoms with Crippen LogP contribution in [0.3, 0.4) is 0 Å². The third kappa shape index (κ3) is 4.78. The summed E-state index contributed by atoms with van der Waals surface area (Å²) in [6.07, 6.45) is 3.73. The molecule has 0 saturated heterocycles. The van der Waals surface area contributed by atoms with E-state index in [0.717, 1.165) is 40.9 Å². The van der Waals surface area contributed by atoms with Gasteiger partial charge in [0.05, 0.1) is 24.4 Å². The van der Waals surface area contributed by atoms with Crippen molar-refractivity contribution in [1.82, 2.24) is 14.8 Å². The topological polar surface area (TPSA) is 43.2 Å².